The van der Waals surface area contributed by atoms with Crippen molar-refractivity contribution in [1.82, 2.24) is 0 Å². The highest BCUT2D eigenvalue weighted by molar-refractivity contribution is 5.64. The van der Waals surface area contributed by atoms with E-state index in [9.17, 15) is 9.59 Å². The summed E-state index contributed by atoms with van der Waals surface area (Å²) in [4.78, 5) is 23.3. The van der Waals surface area contributed by atoms with Crippen molar-refractivity contribution in [2.45, 2.75) is 59.3 Å². The second-order valence-corrected chi connectivity index (χ2v) is 9.29. The van der Waals surface area contributed by atoms with Crippen molar-refractivity contribution >= 4 is 12.3 Å². The minimum absolute atomic E-state index is 0.195. The second kappa shape index (κ2) is 10.3. The van der Waals surface area contributed by atoms with E-state index in [-0.39, 0.29) is 24.0 Å². The lowest BCUT2D eigenvalue weighted by molar-refractivity contribution is 0.103. The summed E-state index contributed by atoms with van der Waals surface area (Å²) in [5.74, 6) is 1.40. The molecule has 33 heavy (non-hydrogen) atoms. The van der Waals surface area contributed by atoms with Crippen LogP contribution in [0, 0.1) is 11.3 Å². The molecule has 0 saturated heterocycles. The molecule has 0 radical (unpaired) electrons. The molecule has 0 N–H and O–H groups in total. The van der Waals surface area contributed by atoms with Crippen LogP contribution in [0.4, 0.5) is 9.59 Å². The van der Waals surface area contributed by atoms with Gasteiger partial charge in [0.2, 0.25) is 0 Å². The second-order valence-electron chi connectivity index (χ2n) is 9.29. The van der Waals surface area contributed by atoms with Gasteiger partial charge >= 0.3 is 12.3 Å². The standard InChI is InChI=1S/C27H34O6/c1-6-30-24(28)32-22-12-8-20(9-13-22)27(17-16-26(4,5)19(3)18-27)21-10-14-23(15-11-21)33-25(29)31-7-2/h8-15,19H,6-7,16-18H2,1-5H3. The summed E-state index contributed by atoms with van der Waals surface area (Å²) in [6, 6.07) is 15.4. The van der Waals surface area contributed by atoms with Gasteiger partial charge in [-0.05, 0) is 79.8 Å². The van der Waals surface area contributed by atoms with Crippen molar-refractivity contribution in [3.63, 3.8) is 0 Å². The van der Waals surface area contributed by atoms with Gasteiger partial charge in [0.15, 0.2) is 0 Å². The van der Waals surface area contributed by atoms with E-state index >= 15 is 0 Å². The monoisotopic (exact) mass is 454 g/mol. The molecule has 2 aromatic carbocycles. The Morgan fingerprint density at radius 3 is 1.58 bits per heavy atom. The van der Waals surface area contributed by atoms with E-state index in [4.69, 9.17) is 18.9 Å². The van der Waals surface area contributed by atoms with Crippen molar-refractivity contribution in [3.05, 3.63) is 59.7 Å². The molecule has 0 aromatic heterocycles. The maximum absolute atomic E-state index is 11.7. The van der Waals surface area contributed by atoms with Crippen LogP contribution in [0.25, 0.3) is 0 Å². The van der Waals surface area contributed by atoms with E-state index in [1.807, 2.05) is 48.5 Å². The fourth-order valence-corrected chi connectivity index (χ4v) is 4.55. The predicted octanol–water partition coefficient (Wildman–Crippen LogP) is 6.89. The van der Waals surface area contributed by atoms with Gasteiger partial charge in [-0.15, -0.1) is 0 Å². The molecular formula is C27H34O6. The van der Waals surface area contributed by atoms with Crippen molar-refractivity contribution in [1.29, 1.82) is 0 Å². The lowest BCUT2D eigenvalue weighted by Crippen LogP contribution is -2.41. The van der Waals surface area contributed by atoms with E-state index in [0.717, 1.165) is 19.3 Å². The lowest BCUT2D eigenvalue weighted by Gasteiger charge is -2.48. The average Bonchev–Trinajstić information content (AvgIpc) is 2.77. The van der Waals surface area contributed by atoms with Crippen molar-refractivity contribution in [2.24, 2.45) is 11.3 Å². The van der Waals surface area contributed by atoms with Crippen LogP contribution in [0.15, 0.2) is 48.5 Å². The molecule has 1 unspecified atom stereocenters. The van der Waals surface area contributed by atoms with Gasteiger partial charge in [0.25, 0.3) is 0 Å². The number of ether oxygens (including phenoxy) is 4. The Kier molecular flexibility index (Phi) is 7.67. The molecule has 1 atom stereocenters. The van der Waals surface area contributed by atoms with Crippen LogP contribution in [0.5, 0.6) is 11.5 Å². The van der Waals surface area contributed by atoms with Crippen LogP contribution in [0.2, 0.25) is 0 Å². The quantitative estimate of drug-likeness (QED) is 0.350. The fraction of sp³-hybridized carbons (Fsp3) is 0.481. The van der Waals surface area contributed by atoms with E-state index in [1.54, 1.807) is 13.8 Å². The Balaban J connectivity index is 1.91. The Morgan fingerprint density at radius 2 is 1.21 bits per heavy atom. The molecule has 6 nitrogen and oxygen atoms in total. The molecule has 0 spiro atoms. The highest BCUT2D eigenvalue weighted by Crippen LogP contribution is 2.53. The van der Waals surface area contributed by atoms with Crippen LogP contribution in [-0.4, -0.2) is 25.5 Å². The molecule has 1 aliphatic rings. The third-order valence-electron chi connectivity index (χ3n) is 6.93. The number of hydrogen-bond acceptors (Lipinski definition) is 6. The molecule has 1 saturated carbocycles. The first kappa shape index (κ1) is 24.6. The topological polar surface area (TPSA) is 71.1 Å². The zero-order valence-corrected chi connectivity index (χ0v) is 20.2. The minimum atomic E-state index is -0.704. The third kappa shape index (κ3) is 5.67. The van der Waals surface area contributed by atoms with Gasteiger partial charge in [0.05, 0.1) is 13.2 Å². The zero-order valence-electron chi connectivity index (χ0n) is 20.2. The van der Waals surface area contributed by atoms with E-state index in [0.29, 0.717) is 17.4 Å². The smallest absolute Gasteiger partial charge is 0.434 e. The van der Waals surface area contributed by atoms with Crippen LogP contribution in [0.1, 0.15) is 65.0 Å². The van der Waals surface area contributed by atoms with Gasteiger partial charge < -0.3 is 18.9 Å². The summed E-state index contributed by atoms with van der Waals surface area (Å²) < 4.78 is 20.2. The Labute approximate surface area is 196 Å². The first-order valence-electron chi connectivity index (χ1n) is 11.6. The highest BCUT2D eigenvalue weighted by atomic mass is 16.7. The molecule has 2 aromatic rings. The summed E-state index contributed by atoms with van der Waals surface area (Å²) in [5.41, 5.74) is 2.39. The molecular weight excluding hydrogens is 420 g/mol. The zero-order chi connectivity index (χ0) is 24.1. The number of rotatable bonds is 6. The van der Waals surface area contributed by atoms with Crippen molar-refractivity contribution in [3.8, 4) is 11.5 Å². The van der Waals surface area contributed by atoms with E-state index in [1.165, 1.54) is 11.1 Å². The summed E-state index contributed by atoms with van der Waals surface area (Å²) >= 11 is 0. The van der Waals surface area contributed by atoms with Gasteiger partial charge in [0, 0.05) is 5.41 Å². The summed E-state index contributed by atoms with van der Waals surface area (Å²) in [7, 11) is 0. The molecule has 178 valence electrons. The minimum Gasteiger partial charge on any atom is -0.434 e. The predicted molar refractivity (Wildman–Crippen MR) is 126 cm³/mol. The third-order valence-corrected chi connectivity index (χ3v) is 6.93. The Morgan fingerprint density at radius 1 is 0.788 bits per heavy atom. The summed E-state index contributed by atoms with van der Waals surface area (Å²) in [5, 5.41) is 0. The first-order chi connectivity index (χ1) is 15.7. The number of carbonyl (C=O) groups is 2. The summed E-state index contributed by atoms with van der Waals surface area (Å²) in [6.45, 7) is 11.0. The Hall–Kier alpha value is -3.02. The number of carbonyl (C=O) groups excluding carboxylic acids is 2. The maximum Gasteiger partial charge on any atom is 0.513 e. The van der Waals surface area contributed by atoms with Gasteiger partial charge in [0.1, 0.15) is 11.5 Å². The van der Waals surface area contributed by atoms with Gasteiger partial charge in [-0.3, -0.25) is 0 Å². The molecule has 0 bridgehead atoms. The largest absolute Gasteiger partial charge is 0.513 e. The highest BCUT2D eigenvalue weighted by Gasteiger charge is 2.44. The maximum atomic E-state index is 11.7. The summed E-state index contributed by atoms with van der Waals surface area (Å²) in [6.07, 6.45) is 1.64. The van der Waals surface area contributed by atoms with Gasteiger partial charge in [-0.1, -0.05) is 45.0 Å². The van der Waals surface area contributed by atoms with Crippen molar-refractivity contribution in [2.75, 3.05) is 13.2 Å². The Bertz CT molecular complexity index is 882. The van der Waals surface area contributed by atoms with Gasteiger partial charge in [-0.2, -0.15) is 0 Å². The average molecular weight is 455 g/mol. The SMILES string of the molecule is CCOC(=O)Oc1ccc(C2(c3ccc(OC(=O)OCC)cc3)CCC(C)(C)C(C)C2)cc1. The molecule has 6 heteroatoms. The normalized spacial score (nSPS) is 18.8. The fourth-order valence-electron chi connectivity index (χ4n) is 4.55. The van der Waals surface area contributed by atoms with Crippen LogP contribution < -0.4 is 9.47 Å². The van der Waals surface area contributed by atoms with Crippen LogP contribution >= 0.6 is 0 Å². The molecule has 0 heterocycles. The van der Waals surface area contributed by atoms with E-state index in [2.05, 4.69) is 20.8 Å². The number of benzene rings is 2. The molecule has 1 fully saturated rings. The van der Waals surface area contributed by atoms with Crippen LogP contribution in [0.3, 0.4) is 0 Å². The molecule has 0 amide bonds. The molecule has 1 aliphatic carbocycles. The van der Waals surface area contributed by atoms with Crippen molar-refractivity contribution < 1.29 is 28.5 Å². The molecule has 0 aliphatic heterocycles. The van der Waals surface area contributed by atoms with Gasteiger partial charge in [-0.25, -0.2) is 9.59 Å². The van der Waals surface area contributed by atoms with E-state index < -0.39 is 12.3 Å². The lowest BCUT2D eigenvalue weighted by atomic mass is 9.56. The first-order valence-corrected chi connectivity index (χ1v) is 11.6. The number of hydrogen-bond donors (Lipinski definition) is 0. The molecule has 3 rings (SSSR count). The van der Waals surface area contributed by atoms with Crippen LogP contribution in [-0.2, 0) is 14.9 Å².